The van der Waals surface area contributed by atoms with Crippen molar-refractivity contribution in [2.75, 3.05) is 36.4 Å². The minimum atomic E-state index is -0.190. The Balaban J connectivity index is 1.45. The van der Waals surface area contributed by atoms with E-state index in [1.54, 1.807) is 29.4 Å². The number of nitrogens with zero attached hydrogens (tertiary/aromatic N) is 4. The highest BCUT2D eigenvalue weighted by Gasteiger charge is 2.24. The lowest BCUT2D eigenvalue weighted by Crippen LogP contribution is -2.50. The summed E-state index contributed by atoms with van der Waals surface area (Å²) in [5.41, 5.74) is 2.45. The third-order valence-electron chi connectivity index (χ3n) is 4.71. The van der Waals surface area contributed by atoms with E-state index in [1.807, 2.05) is 13.1 Å². The first-order valence-corrected chi connectivity index (χ1v) is 9.34. The molecule has 0 radical (unpaired) electrons. The van der Waals surface area contributed by atoms with Gasteiger partial charge in [0.05, 0.1) is 21.1 Å². The number of urea groups is 1. The third kappa shape index (κ3) is 3.40. The smallest absolute Gasteiger partial charge is 0.322 e. The number of aromatic nitrogens is 3. The summed E-state index contributed by atoms with van der Waals surface area (Å²) < 4.78 is 0. The van der Waals surface area contributed by atoms with E-state index < -0.39 is 0 Å². The monoisotopic (exact) mass is 404 g/mol. The van der Waals surface area contributed by atoms with Crippen LogP contribution in [0, 0.1) is 6.92 Å². The number of aromatic amines is 1. The molecule has 0 atom stereocenters. The highest BCUT2D eigenvalue weighted by Crippen LogP contribution is 2.30. The minimum absolute atomic E-state index is 0.190. The molecular formula is C18H18Cl2N6O. The molecule has 0 spiro atoms. The highest BCUT2D eigenvalue weighted by molar-refractivity contribution is 6.43. The third-order valence-corrected chi connectivity index (χ3v) is 5.53. The molecule has 2 N–H and O–H groups in total. The largest absolute Gasteiger partial charge is 0.352 e. The second kappa shape index (κ2) is 7.25. The van der Waals surface area contributed by atoms with Crippen molar-refractivity contribution in [2.45, 2.75) is 6.92 Å². The van der Waals surface area contributed by atoms with Crippen LogP contribution >= 0.6 is 23.2 Å². The number of aryl methyl sites for hydroxylation is 1. The molecule has 0 bridgehead atoms. The number of hydrogen-bond acceptors (Lipinski definition) is 4. The molecule has 2 amide bonds. The van der Waals surface area contributed by atoms with Crippen LogP contribution < -0.4 is 10.2 Å². The van der Waals surface area contributed by atoms with Crippen molar-refractivity contribution in [3.63, 3.8) is 0 Å². The van der Waals surface area contributed by atoms with E-state index in [2.05, 4.69) is 25.2 Å². The number of piperazine rings is 1. The molecule has 1 aromatic carbocycles. The maximum atomic E-state index is 12.6. The zero-order chi connectivity index (χ0) is 19.0. The number of amides is 2. The summed E-state index contributed by atoms with van der Waals surface area (Å²) in [6.45, 7) is 4.57. The standard InChI is InChI=1S/C18H18Cl2N6O/c1-11-9-21-16-14(11)17(23-10-22-16)25-5-7-26(8-6-25)18(27)24-13-4-2-3-12(19)15(13)20/h2-4,9-10H,5-8H2,1H3,(H,24,27)(H,21,22,23). The van der Waals surface area contributed by atoms with Crippen molar-refractivity contribution in [3.8, 4) is 0 Å². The van der Waals surface area contributed by atoms with Gasteiger partial charge < -0.3 is 20.1 Å². The summed E-state index contributed by atoms with van der Waals surface area (Å²) in [7, 11) is 0. The maximum Gasteiger partial charge on any atom is 0.322 e. The van der Waals surface area contributed by atoms with Crippen LogP contribution in [0.2, 0.25) is 10.0 Å². The van der Waals surface area contributed by atoms with Gasteiger partial charge in [-0.1, -0.05) is 29.3 Å². The van der Waals surface area contributed by atoms with E-state index in [-0.39, 0.29) is 6.03 Å². The lowest BCUT2D eigenvalue weighted by molar-refractivity contribution is 0.208. The number of rotatable bonds is 2. The average Bonchev–Trinajstić information content (AvgIpc) is 3.07. The van der Waals surface area contributed by atoms with E-state index in [0.29, 0.717) is 41.9 Å². The molecule has 0 unspecified atom stereocenters. The Bertz CT molecular complexity index is 997. The molecule has 2 aromatic heterocycles. The van der Waals surface area contributed by atoms with Gasteiger partial charge in [0.2, 0.25) is 0 Å². The van der Waals surface area contributed by atoms with Crippen molar-refractivity contribution >= 4 is 51.8 Å². The van der Waals surface area contributed by atoms with Crippen LogP contribution in [0.25, 0.3) is 11.0 Å². The topological polar surface area (TPSA) is 77.2 Å². The predicted molar refractivity (Wildman–Crippen MR) is 108 cm³/mol. The zero-order valence-electron chi connectivity index (χ0n) is 14.7. The number of anilines is 2. The van der Waals surface area contributed by atoms with Crippen molar-refractivity contribution in [1.82, 2.24) is 19.9 Å². The van der Waals surface area contributed by atoms with E-state index in [1.165, 1.54) is 0 Å². The van der Waals surface area contributed by atoms with Crippen LogP contribution in [-0.4, -0.2) is 52.1 Å². The van der Waals surface area contributed by atoms with Gasteiger partial charge in [0, 0.05) is 32.4 Å². The Morgan fingerprint density at radius 2 is 1.96 bits per heavy atom. The molecule has 1 aliphatic rings. The summed E-state index contributed by atoms with van der Waals surface area (Å²) in [6.07, 6.45) is 3.50. The number of fused-ring (bicyclic) bond motifs is 1. The number of carbonyl (C=O) groups is 1. The fraction of sp³-hybridized carbons (Fsp3) is 0.278. The molecule has 3 heterocycles. The first kappa shape index (κ1) is 17.9. The summed E-state index contributed by atoms with van der Waals surface area (Å²) in [5.74, 6) is 0.900. The Kier molecular flexibility index (Phi) is 4.80. The summed E-state index contributed by atoms with van der Waals surface area (Å²) in [5, 5.41) is 4.62. The van der Waals surface area contributed by atoms with E-state index in [4.69, 9.17) is 23.2 Å². The Hall–Kier alpha value is -2.51. The van der Waals surface area contributed by atoms with Crippen LogP contribution in [0.5, 0.6) is 0 Å². The second-order valence-corrected chi connectivity index (χ2v) is 7.18. The van der Waals surface area contributed by atoms with Crippen LogP contribution in [0.3, 0.4) is 0 Å². The van der Waals surface area contributed by atoms with Crippen LogP contribution in [0.4, 0.5) is 16.3 Å². The second-order valence-electron chi connectivity index (χ2n) is 6.40. The lowest BCUT2D eigenvalue weighted by atomic mass is 10.2. The van der Waals surface area contributed by atoms with Gasteiger partial charge in [0.25, 0.3) is 0 Å². The predicted octanol–water partition coefficient (Wildman–Crippen LogP) is 3.93. The molecule has 9 heteroatoms. The average molecular weight is 405 g/mol. The fourth-order valence-electron chi connectivity index (χ4n) is 3.25. The number of carbonyl (C=O) groups excluding carboxylic acids is 1. The first-order chi connectivity index (χ1) is 13.0. The molecule has 1 fully saturated rings. The van der Waals surface area contributed by atoms with Crippen LogP contribution in [0.1, 0.15) is 5.56 Å². The quantitative estimate of drug-likeness (QED) is 0.678. The summed E-state index contributed by atoms with van der Waals surface area (Å²) >= 11 is 12.2. The zero-order valence-corrected chi connectivity index (χ0v) is 16.2. The van der Waals surface area contributed by atoms with Crippen LogP contribution in [-0.2, 0) is 0 Å². The molecule has 27 heavy (non-hydrogen) atoms. The van der Waals surface area contributed by atoms with Gasteiger partial charge in [-0.05, 0) is 24.6 Å². The Labute approximate surface area is 166 Å². The summed E-state index contributed by atoms with van der Waals surface area (Å²) in [4.78, 5) is 28.4. The van der Waals surface area contributed by atoms with Gasteiger partial charge in [0.15, 0.2) is 0 Å². The van der Waals surface area contributed by atoms with Crippen molar-refractivity contribution in [2.24, 2.45) is 0 Å². The van der Waals surface area contributed by atoms with Gasteiger partial charge >= 0.3 is 6.03 Å². The molecule has 4 rings (SSSR count). The molecule has 1 saturated heterocycles. The number of halogens is 2. The van der Waals surface area contributed by atoms with Crippen molar-refractivity contribution in [1.29, 1.82) is 0 Å². The van der Waals surface area contributed by atoms with Crippen molar-refractivity contribution in [3.05, 3.63) is 46.3 Å². The molecule has 3 aromatic rings. The van der Waals surface area contributed by atoms with E-state index in [9.17, 15) is 4.79 Å². The first-order valence-electron chi connectivity index (χ1n) is 8.58. The highest BCUT2D eigenvalue weighted by atomic mass is 35.5. The Morgan fingerprint density at radius 3 is 2.74 bits per heavy atom. The van der Waals surface area contributed by atoms with Gasteiger partial charge in [-0.2, -0.15) is 0 Å². The molecule has 1 aliphatic heterocycles. The number of benzene rings is 1. The normalized spacial score (nSPS) is 14.6. The number of hydrogen-bond donors (Lipinski definition) is 2. The number of H-pyrrole nitrogens is 1. The minimum Gasteiger partial charge on any atom is -0.352 e. The van der Waals surface area contributed by atoms with Crippen molar-refractivity contribution < 1.29 is 4.79 Å². The maximum absolute atomic E-state index is 12.6. The summed E-state index contributed by atoms with van der Waals surface area (Å²) in [6, 6.07) is 4.98. The fourth-order valence-corrected chi connectivity index (χ4v) is 3.60. The van der Waals surface area contributed by atoms with Gasteiger partial charge in [-0.25, -0.2) is 14.8 Å². The lowest BCUT2D eigenvalue weighted by Gasteiger charge is -2.35. The van der Waals surface area contributed by atoms with Crippen LogP contribution in [0.15, 0.2) is 30.7 Å². The molecule has 140 valence electrons. The van der Waals surface area contributed by atoms with Gasteiger partial charge in [0.1, 0.15) is 17.8 Å². The molecular weight excluding hydrogens is 387 g/mol. The van der Waals surface area contributed by atoms with E-state index in [0.717, 1.165) is 22.4 Å². The van der Waals surface area contributed by atoms with Gasteiger partial charge in [-0.3, -0.25) is 0 Å². The SMILES string of the molecule is Cc1c[nH]c2ncnc(N3CCN(C(=O)Nc4cccc(Cl)c4Cl)CC3)c12. The Morgan fingerprint density at radius 1 is 1.19 bits per heavy atom. The molecule has 0 aliphatic carbocycles. The van der Waals surface area contributed by atoms with Gasteiger partial charge in [-0.15, -0.1) is 0 Å². The van der Waals surface area contributed by atoms with E-state index >= 15 is 0 Å². The molecule has 0 saturated carbocycles. The molecule has 7 nitrogen and oxygen atoms in total. The number of nitrogens with one attached hydrogen (secondary N) is 2.